The van der Waals surface area contributed by atoms with Gasteiger partial charge in [-0.2, -0.15) is 0 Å². The van der Waals surface area contributed by atoms with Crippen LogP contribution in [0, 0.1) is 0 Å². The molecule has 93 heavy (non-hydrogen) atoms. The maximum absolute atomic E-state index is 5.72. The first-order chi connectivity index (χ1) is 45.7. The van der Waals surface area contributed by atoms with Crippen LogP contribution in [0.2, 0.25) is 0 Å². The molecular weight excluding hydrogens is 1180 g/mol. The highest BCUT2D eigenvalue weighted by molar-refractivity contribution is 7.99. The first-order valence-electron chi connectivity index (χ1n) is 30.2. The Morgan fingerprint density at radius 1 is 0.194 bits per heavy atom. The zero-order valence-corrected chi connectivity index (χ0v) is 53.8. The molecule has 0 N–H and O–H groups in total. The summed E-state index contributed by atoms with van der Waals surface area (Å²) in [6, 6.07) is 96.1. The Balaban J connectivity index is 1.09. The first-order valence-corrected chi connectivity index (χ1v) is 31.0. The van der Waals surface area contributed by atoms with Gasteiger partial charge in [-0.1, -0.05) is 48.2 Å². The fourth-order valence-electron chi connectivity index (χ4n) is 11.5. The van der Waals surface area contributed by atoms with E-state index in [1.165, 1.54) is 0 Å². The van der Waals surface area contributed by atoms with Gasteiger partial charge in [0, 0.05) is 77.5 Å². The minimum absolute atomic E-state index is 0.749. The highest BCUT2D eigenvalue weighted by atomic mass is 32.2. The third-order valence-corrected chi connectivity index (χ3v) is 17.1. The molecule has 0 radical (unpaired) electrons. The van der Waals surface area contributed by atoms with Crippen LogP contribution in [0.1, 0.15) is 0 Å². The van der Waals surface area contributed by atoms with Crippen LogP contribution in [0.25, 0.3) is 22.3 Å². The first kappa shape index (κ1) is 61.8. The van der Waals surface area contributed by atoms with E-state index in [1.807, 2.05) is 97.1 Å². The molecule has 0 heterocycles. The summed E-state index contributed by atoms with van der Waals surface area (Å²) >= 11 is 1.69. The molecule has 0 aliphatic heterocycles. The Hall–Kier alpha value is -11.4. The van der Waals surface area contributed by atoms with E-state index in [2.05, 4.69) is 202 Å². The van der Waals surface area contributed by atoms with Crippen molar-refractivity contribution >= 4 is 80.0 Å². The van der Waals surface area contributed by atoms with E-state index in [4.69, 9.17) is 37.9 Å². The van der Waals surface area contributed by atoms with E-state index >= 15 is 0 Å². The highest BCUT2D eigenvalue weighted by Crippen LogP contribution is 2.52. The Bertz CT molecular complexity index is 3960. The molecule has 0 saturated heterocycles. The summed E-state index contributed by atoms with van der Waals surface area (Å²) in [4.78, 5) is 11.1. The van der Waals surface area contributed by atoms with Crippen LogP contribution in [-0.4, -0.2) is 56.9 Å². The van der Waals surface area contributed by atoms with Gasteiger partial charge in [0.15, 0.2) is 0 Å². The summed E-state index contributed by atoms with van der Waals surface area (Å²) in [6.45, 7) is 0. The van der Waals surface area contributed by atoms with Crippen molar-refractivity contribution in [3.63, 3.8) is 0 Å². The zero-order chi connectivity index (χ0) is 64.2. The van der Waals surface area contributed by atoms with Crippen LogP contribution < -0.4 is 57.5 Å². The van der Waals surface area contributed by atoms with Gasteiger partial charge in [0.1, 0.15) is 46.0 Å². The maximum Gasteiger partial charge on any atom is 0.119 e. The summed E-state index contributed by atoms with van der Waals surface area (Å²) < 4.78 is 45.7. The topological polar surface area (TPSA) is 86.8 Å². The average molecular weight is 1250 g/mol. The molecule has 0 amide bonds. The molecule has 0 bridgehead atoms. The lowest BCUT2D eigenvalue weighted by Gasteiger charge is -2.32. The van der Waals surface area contributed by atoms with E-state index < -0.39 is 0 Å². The van der Waals surface area contributed by atoms with Crippen molar-refractivity contribution in [3.8, 4) is 68.2 Å². The van der Waals surface area contributed by atoms with Crippen molar-refractivity contribution in [2.45, 2.75) is 9.79 Å². The van der Waals surface area contributed by atoms with Gasteiger partial charge in [-0.25, -0.2) is 0 Å². The summed E-state index contributed by atoms with van der Waals surface area (Å²) in [5.74, 6) is 6.01. The quantitative estimate of drug-likeness (QED) is 0.0576. The van der Waals surface area contributed by atoms with Crippen LogP contribution >= 0.6 is 11.8 Å². The lowest BCUT2D eigenvalue weighted by Crippen LogP contribution is -2.14. The summed E-state index contributed by atoms with van der Waals surface area (Å²) in [6.07, 6.45) is 0. The molecule has 12 nitrogen and oxygen atoms in total. The molecule has 12 aromatic rings. The van der Waals surface area contributed by atoms with Gasteiger partial charge in [0.2, 0.25) is 0 Å². The second-order valence-electron chi connectivity index (χ2n) is 21.4. The molecule has 12 aromatic carbocycles. The average Bonchev–Trinajstić information content (AvgIpc) is 0.885. The molecule has 0 saturated carbocycles. The monoisotopic (exact) mass is 1250 g/mol. The second kappa shape index (κ2) is 28.6. The number of anilines is 12. The number of methoxy groups -OCH3 is 8. The van der Waals surface area contributed by atoms with Crippen LogP contribution in [0.4, 0.5) is 68.2 Å². The molecule has 0 aliphatic carbocycles. The zero-order valence-electron chi connectivity index (χ0n) is 53.0. The van der Waals surface area contributed by atoms with Crippen LogP contribution in [0.3, 0.4) is 0 Å². The molecule has 0 atom stereocenters. The van der Waals surface area contributed by atoms with E-state index in [0.29, 0.717) is 0 Å². The van der Waals surface area contributed by atoms with Gasteiger partial charge in [0.25, 0.3) is 0 Å². The Labute approximate surface area is 548 Å². The second-order valence-corrected chi connectivity index (χ2v) is 22.6. The summed E-state index contributed by atoms with van der Waals surface area (Å²) in [5.41, 5.74) is 15.1. The number of hydrogen-bond donors (Lipinski definition) is 0. The number of nitrogens with zero attached hydrogens (tertiary/aromatic N) is 4. The number of rotatable bonds is 24. The van der Waals surface area contributed by atoms with Crippen molar-refractivity contribution in [1.29, 1.82) is 0 Å². The van der Waals surface area contributed by atoms with Crippen LogP contribution in [0.15, 0.2) is 289 Å². The fourth-order valence-corrected chi connectivity index (χ4v) is 12.4. The summed E-state index contributed by atoms with van der Waals surface area (Å²) in [5, 5.41) is 0. The van der Waals surface area contributed by atoms with Gasteiger partial charge >= 0.3 is 0 Å². The predicted octanol–water partition coefficient (Wildman–Crippen LogP) is 21.1. The van der Waals surface area contributed by atoms with Crippen molar-refractivity contribution in [2.24, 2.45) is 0 Å². The molecule has 0 aliphatic rings. The fraction of sp³-hybridized carbons (Fsp3) is 0.100. The Morgan fingerprint density at radius 3 is 0.570 bits per heavy atom. The van der Waals surface area contributed by atoms with Crippen molar-refractivity contribution in [1.82, 2.24) is 0 Å². The van der Waals surface area contributed by atoms with Crippen LogP contribution in [0.5, 0.6) is 46.0 Å². The standard InChI is InChI=1S/C80H70N4O8S/c1-85-63-33-17-55(18-34-63)81(56-19-35-64(86-2)36-20-56)77-15-11-9-13-73(77)75-53-71(49-51-79(75)83(59-25-41-67(89-5)42-26-59)60-27-43-68(90-6)44-28-60)93-72-50-52-80(84(61-29-45-69(91-7)46-30-61)62-31-47-70(92-8)48-32-62)76(54-72)74-14-10-12-16-78(74)82(57-21-37-65(87-3)38-22-57)58-23-39-66(88-4)40-24-58/h9-54H,1-8H3. The van der Waals surface area contributed by atoms with Gasteiger partial charge < -0.3 is 57.5 Å². The normalized spacial score (nSPS) is 10.8. The summed E-state index contributed by atoms with van der Waals surface area (Å²) in [7, 11) is 13.5. The third-order valence-electron chi connectivity index (χ3n) is 16.2. The van der Waals surface area contributed by atoms with Crippen molar-refractivity contribution in [3.05, 3.63) is 279 Å². The van der Waals surface area contributed by atoms with Crippen LogP contribution in [-0.2, 0) is 0 Å². The van der Waals surface area contributed by atoms with E-state index in [0.717, 1.165) is 146 Å². The highest BCUT2D eigenvalue weighted by Gasteiger charge is 2.27. The number of hydrogen-bond acceptors (Lipinski definition) is 13. The number of ether oxygens (including phenoxy) is 8. The lowest BCUT2D eigenvalue weighted by molar-refractivity contribution is 0.414. The third kappa shape index (κ3) is 13.4. The Kier molecular flexibility index (Phi) is 19.0. The minimum atomic E-state index is 0.749. The maximum atomic E-state index is 5.72. The lowest BCUT2D eigenvalue weighted by atomic mass is 9.98. The molecule has 12 rings (SSSR count). The minimum Gasteiger partial charge on any atom is -0.497 e. The molecule has 0 aromatic heterocycles. The molecule has 0 fully saturated rings. The molecule has 464 valence electrons. The van der Waals surface area contributed by atoms with E-state index in [9.17, 15) is 0 Å². The molecular formula is C80H70N4O8S. The van der Waals surface area contributed by atoms with E-state index in [1.54, 1.807) is 68.6 Å². The predicted molar refractivity (Wildman–Crippen MR) is 379 cm³/mol. The Morgan fingerprint density at radius 2 is 0.376 bits per heavy atom. The van der Waals surface area contributed by atoms with Gasteiger partial charge in [-0.05, 0) is 243 Å². The number of benzene rings is 12. The largest absolute Gasteiger partial charge is 0.497 e. The van der Waals surface area contributed by atoms with E-state index in [-0.39, 0.29) is 0 Å². The van der Waals surface area contributed by atoms with Crippen molar-refractivity contribution < 1.29 is 37.9 Å². The number of para-hydroxylation sites is 2. The molecule has 0 unspecified atom stereocenters. The van der Waals surface area contributed by atoms with Crippen molar-refractivity contribution in [2.75, 3.05) is 76.5 Å². The molecule has 13 heteroatoms. The van der Waals surface area contributed by atoms with Gasteiger partial charge in [0.05, 0.1) is 79.6 Å². The molecule has 0 spiro atoms. The van der Waals surface area contributed by atoms with Gasteiger partial charge in [-0.15, -0.1) is 0 Å². The van der Waals surface area contributed by atoms with Gasteiger partial charge in [-0.3, -0.25) is 0 Å². The SMILES string of the molecule is COc1ccc(N(c2ccc(OC)cc2)c2ccccc2-c2cc(Sc3ccc(N(c4ccc(OC)cc4)c4ccc(OC)cc4)c(-c4ccccc4N(c4ccc(OC)cc4)c4ccc(OC)cc4)c3)ccc2N(c2ccc(OC)cc2)c2ccc(OC)cc2)cc1. The smallest absolute Gasteiger partial charge is 0.119 e.